The molecular weight excluding hydrogens is 336 g/mol. The van der Waals surface area contributed by atoms with Crippen LogP contribution in [0.3, 0.4) is 0 Å². The molecule has 0 fully saturated rings. The number of thiocarbonyl (C=S) groups is 1. The molecule has 0 aromatic heterocycles. The van der Waals surface area contributed by atoms with Crippen LogP contribution in [0.4, 0.5) is 0 Å². The average molecular weight is 361 g/mol. The summed E-state index contributed by atoms with van der Waals surface area (Å²) in [6, 6.07) is 6.05. The van der Waals surface area contributed by atoms with E-state index in [0.29, 0.717) is 25.2 Å². The van der Waals surface area contributed by atoms with Gasteiger partial charge in [-0.2, -0.15) is 0 Å². The van der Waals surface area contributed by atoms with E-state index in [0.717, 1.165) is 12.8 Å². The van der Waals surface area contributed by atoms with Crippen molar-refractivity contribution in [2.24, 2.45) is 0 Å². The van der Waals surface area contributed by atoms with E-state index in [9.17, 15) is 8.42 Å². The molecule has 130 valence electrons. The second-order valence-electron chi connectivity index (χ2n) is 5.27. The van der Waals surface area contributed by atoms with Gasteiger partial charge in [0.15, 0.2) is 0 Å². The second kappa shape index (κ2) is 9.82. The fraction of sp³-hybridized carbons (Fsp3) is 0.533. The molecule has 1 aromatic carbocycles. The highest BCUT2D eigenvalue weighted by atomic mass is 32.2. The van der Waals surface area contributed by atoms with Gasteiger partial charge in [0.1, 0.15) is 10.7 Å². The lowest BCUT2D eigenvalue weighted by molar-refractivity contribution is 0.234. The first-order valence-electron chi connectivity index (χ1n) is 7.57. The van der Waals surface area contributed by atoms with Gasteiger partial charge >= 0.3 is 0 Å². The second-order valence-corrected chi connectivity index (χ2v) is 7.48. The van der Waals surface area contributed by atoms with E-state index in [1.165, 1.54) is 12.1 Å². The van der Waals surface area contributed by atoms with Crippen molar-refractivity contribution >= 4 is 27.2 Å². The molecule has 1 atom stereocenters. The van der Waals surface area contributed by atoms with E-state index in [1.54, 1.807) is 19.1 Å². The number of sulfonamides is 1. The molecule has 0 aliphatic heterocycles. The van der Waals surface area contributed by atoms with E-state index < -0.39 is 10.0 Å². The van der Waals surface area contributed by atoms with Crippen LogP contribution in [0.1, 0.15) is 39.5 Å². The fourth-order valence-electron chi connectivity index (χ4n) is 1.84. The van der Waals surface area contributed by atoms with Gasteiger partial charge < -0.3 is 4.74 Å². The molecule has 6 nitrogen and oxygen atoms in total. The van der Waals surface area contributed by atoms with Crippen LogP contribution < -0.4 is 14.9 Å². The van der Waals surface area contributed by atoms with Gasteiger partial charge in [0.25, 0.3) is 0 Å². The fourth-order valence-corrected chi connectivity index (χ4v) is 3.24. The van der Waals surface area contributed by atoms with Gasteiger partial charge in [-0.05, 0) is 44.0 Å². The van der Waals surface area contributed by atoms with Crippen molar-refractivity contribution in [2.75, 3.05) is 6.61 Å². The Bertz CT molecular complexity index is 588. The molecule has 0 spiro atoms. The average Bonchev–Trinajstić information content (AvgIpc) is 2.53. The van der Waals surface area contributed by atoms with E-state index in [-0.39, 0.29) is 15.9 Å². The smallest absolute Gasteiger partial charge is 0.240 e. The number of unbranched alkanes of at least 4 members (excludes halogenated alkanes) is 1. The summed E-state index contributed by atoms with van der Waals surface area (Å²) < 4.78 is 32.7. The monoisotopic (exact) mass is 360 g/mol. The van der Waals surface area contributed by atoms with E-state index >= 15 is 0 Å². The van der Waals surface area contributed by atoms with Crippen LogP contribution in [0, 0.1) is 0 Å². The first-order valence-corrected chi connectivity index (χ1v) is 9.46. The molecule has 0 saturated carbocycles. The first kappa shape index (κ1) is 19.8. The molecule has 0 aliphatic rings. The lowest BCUT2D eigenvalue weighted by Crippen LogP contribution is -2.33. The topological polar surface area (TPSA) is 87.7 Å². The maximum atomic E-state index is 12.3. The Morgan fingerprint density at radius 2 is 2.00 bits per heavy atom. The quantitative estimate of drug-likeness (QED) is 0.338. The highest BCUT2D eigenvalue weighted by Crippen LogP contribution is 2.17. The van der Waals surface area contributed by atoms with E-state index in [4.69, 9.17) is 22.2 Å². The molecule has 1 aromatic rings. The minimum Gasteiger partial charge on any atom is -0.494 e. The SMILES string of the molecule is CCCCOc1ccc(S(=O)(=O)NC(C)CCC(=S)NO)cc1. The summed E-state index contributed by atoms with van der Waals surface area (Å²) >= 11 is 4.81. The number of rotatable bonds is 10. The zero-order valence-electron chi connectivity index (χ0n) is 13.4. The van der Waals surface area contributed by atoms with Crippen LogP contribution in [-0.4, -0.2) is 31.3 Å². The van der Waals surface area contributed by atoms with Crippen LogP contribution >= 0.6 is 12.2 Å². The highest BCUT2D eigenvalue weighted by Gasteiger charge is 2.17. The number of nitrogens with one attached hydrogen (secondary N) is 2. The Hall–Kier alpha value is -1.22. The van der Waals surface area contributed by atoms with Gasteiger partial charge in [0, 0.05) is 12.5 Å². The molecule has 0 saturated heterocycles. The van der Waals surface area contributed by atoms with Gasteiger partial charge in [-0.15, -0.1) is 0 Å². The number of hydroxylamine groups is 1. The van der Waals surface area contributed by atoms with Crippen molar-refractivity contribution in [1.29, 1.82) is 0 Å². The van der Waals surface area contributed by atoms with Crippen molar-refractivity contribution in [3.8, 4) is 5.75 Å². The summed E-state index contributed by atoms with van der Waals surface area (Å²) in [5, 5.41) is 8.62. The van der Waals surface area contributed by atoms with Crippen molar-refractivity contribution < 1.29 is 18.4 Å². The molecule has 3 N–H and O–H groups in total. The van der Waals surface area contributed by atoms with Crippen molar-refractivity contribution in [3.63, 3.8) is 0 Å². The molecule has 0 amide bonds. The van der Waals surface area contributed by atoms with Crippen molar-refractivity contribution in [2.45, 2.75) is 50.5 Å². The van der Waals surface area contributed by atoms with Crippen LogP contribution in [0.25, 0.3) is 0 Å². The molecule has 1 unspecified atom stereocenters. The third-order valence-electron chi connectivity index (χ3n) is 3.19. The summed E-state index contributed by atoms with van der Waals surface area (Å²) in [5.74, 6) is 0.657. The minimum absolute atomic E-state index is 0.190. The molecule has 1 rings (SSSR count). The number of hydrogen-bond acceptors (Lipinski definition) is 5. The summed E-state index contributed by atoms with van der Waals surface area (Å²) in [4.78, 5) is 0.472. The third-order valence-corrected chi connectivity index (χ3v) is 5.09. The lowest BCUT2D eigenvalue weighted by Gasteiger charge is -2.14. The Labute approximate surface area is 143 Å². The third kappa shape index (κ3) is 7.26. The van der Waals surface area contributed by atoms with Gasteiger partial charge in [-0.1, -0.05) is 25.6 Å². The predicted molar refractivity (Wildman–Crippen MR) is 93.4 cm³/mol. The maximum absolute atomic E-state index is 12.3. The number of ether oxygens (including phenoxy) is 1. The van der Waals surface area contributed by atoms with Gasteiger partial charge in [-0.25, -0.2) is 13.1 Å². The minimum atomic E-state index is -3.59. The highest BCUT2D eigenvalue weighted by molar-refractivity contribution is 7.89. The molecule has 23 heavy (non-hydrogen) atoms. The molecular formula is C15H24N2O4S2. The van der Waals surface area contributed by atoms with Gasteiger partial charge in [-0.3, -0.25) is 10.7 Å². The first-order chi connectivity index (χ1) is 10.9. The summed E-state index contributed by atoms with van der Waals surface area (Å²) in [6.07, 6.45) is 2.90. The van der Waals surface area contributed by atoms with Crippen molar-refractivity contribution in [1.82, 2.24) is 10.2 Å². The van der Waals surface area contributed by atoms with Crippen LogP contribution in [0.15, 0.2) is 29.2 Å². The summed E-state index contributed by atoms with van der Waals surface area (Å²) in [6.45, 7) is 4.45. The Morgan fingerprint density at radius 3 is 2.57 bits per heavy atom. The Kier molecular flexibility index (Phi) is 8.46. The standard InChI is InChI=1S/C15H24N2O4S2/c1-3-4-11-21-13-6-8-14(9-7-13)23(19,20)17-12(2)5-10-15(22)16-18/h6-9,12,17-18H,3-5,10-11H2,1-2H3,(H,16,22). The van der Waals surface area contributed by atoms with Gasteiger partial charge in [0.05, 0.1) is 11.5 Å². The van der Waals surface area contributed by atoms with Crippen molar-refractivity contribution in [3.05, 3.63) is 24.3 Å². The van der Waals surface area contributed by atoms with Crippen LogP contribution in [-0.2, 0) is 10.0 Å². The Morgan fingerprint density at radius 1 is 1.35 bits per heavy atom. The largest absolute Gasteiger partial charge is 0.494 e. The number of benzene rings is 1. The molecule has 0 bridgehead atoms. The summed E-state index contributed by atoms with van der Waals surface area (Å²) in [7, 11) is -3.59. The summed E-state index contributed by atoms with van der Waals surface area (Å²) in [5.41, 5.74) is 1.88. The van der Waals surface area contributed by atoms with Crippen LogP contribution in [0.2, 0.25) is 0 Å². The molecule has 0 aliphatic carbocycles. The predicted octanol–water partition coefficient (Wildman–Crippen LogP) is 2.62. The molecule has 0 radical (unpaired) electrons. The lowest BCUT2D eigenvalue weighted by atomic mass is 10.2. The normalized spacial score (nSPS) is 12.7. The zero-order valence-corrected chi connectivity index (χ0v) is 15.0. The van der Waals surface area contributed by atoms with E-state index in [2.05, 4.69) is 11.6 Å². The van der Waals surface area contributed by atoms with Crippen LogP contribution in [0.5, 0.6) is 5.75 Å². The Balaban J connectivity index is 2.60. The molecule has 0 heterocycles. The van der Waals surface area contributed by atoms with E-state index in [1.807, 2.05) is 5.48 Å². The molecule has 8 heteroatoms. The van der Waals surface area contributed by atoms with Gasteiger partial charge in [0.2, 0.25) is 10.0 Å². The maximum Gasteiger partial charge on any atom is 0.240 e. The zero-order chi connectivity index (χ0) is 17.3. The number of hydrogen-bond donors (Lipinski definition) is 3.